The summed E-state index contributed by atoms with van der Waals surface area (Å²) in [5, 5.41) is 0.770. The van der Waals surface area contributed by atoms with Crippen LogP contribution in [0.25, 0.3) is 11.3 Å². The smallest absolute Gasteiger partial charge is 0.109 e. The van der Waals surface area contributed by atoms with Gasteiger partial charge in [-0.2, -0.15) is 0 Å². The highest BCUT2D eigenvalue weighted by atomic mass is 35.5. The molecule has 0 amide bonds. The monoisotopic (exact) mass is 246 g/mol. The van der Waals surface area contributed by atoms with E-state index in [4.69, 9.17) is 16.6 Å². The SMILES string of the molecule is C[C@@H]1CCCc2nc(-c3ccc(Cl)cc3)cn21. The van der Waals surface area contributed by atoms with Gasteiger partial charge in [0, 0.05) is 29.2 Å². The third-order valence-corrected chi connectivity index (χ3v) is 3.70. The summed E-state index contributed by atoms with van der Waals surface area (Å²) in [7, 11) is 0. The molecule has 2 aromatic rings. The molecule has 1 aliphatic heterocycles. The molecule has 0 fully saturated rings. The number of fused-ring (bicyclic) bond motifs is 1. The highest BCUT2D eigenvalue weighted by molar-refractivity contribution is 6.30. The number of hydrogen-bond donors (Lipinski definition) is 0. The summed E-state index contributed by atoms with van der Waals surface area (Å²) in [6.07, 6.45) is 5.77. The molecule has 1 aromatic carbocycles. The van der Waals surface area contributed by atoms with Gasteiger partial charge in [0.2, 0.25) is 0 Å². The first-order chi connectivity index (χ1) is 8.24. The van der Waals surface area contributed by atoms with Gasteiger partial charge in [0.05, 0.1) is 5.69 Å². The molecule has 0 N–H and O–H groups in total. The second-order valence-electron chi connectivity index (χ2n) is 4.70. The van der Waals surface area contributed by atoms with Gasteiger partial charge in [-0.1, -0.05) is 23.7 Å². The molecule has 88 valence electrons. The van der Waals surface area contributed by atoms with Gasteiger partial charge in [-0.15, -0.1) is 0 Å². The molecule has 0 saturated heterocycles. The zero-order valence-electron chi connectivity index (χ0n) is 9.86. The minimum Gasteiger partial charge on any atom is -0.331 e. The Bertz CT molecular complexity index is 528. The zero-order valence-corrected chi connectivity index (χ0v) is 10.6. The van der Waals surface area contributed by atoms with Gasteiger partial charge in [0.1, 0.15) is 5.82 Å². The Morgan fingerprint density at radius 1 is 1.29 bits per heavy atom. The lowest BCUT2D eigenvalue weighted by atomic mass is 10.1. The van der Waals surface area contributed by atoms with Crippen molar-refractivity contribution in [2.45, 2.75) is 32.2 Å². The number of aromatic nitrogens is 2. The molecule has 0 radical (unpaired) electrons. The Balaban J connectivity index is 2.02. The molecule has 0 bridgehead atoms. The molecule has 2 nitrogen and oxygen atoms in total. The van der Waals surface area contributed by atoms with Crippen molar-refractivity contribution in [1.29, 1.82) is 0 Å². The standard InChI is InChI=1S/C14H15ClN2/c1-10-3-2-4-14-16-13(9-17(10)14)11-5-7-12(15)8-6-11/h5-10H,2-4H2,1H3/t10-/m1/s1. The first-order valence-corrected chi connectivity index (χ1v) is 6.45. The quantitative estimate of drug-likeness (QED) is 0.741. The summed E-state index contributed by atoms with van der Waals surface area (Å²) in [6.45, 7) is 2.26. The maximum absolute atomic E-state index is 5.90. The fourth-order valence-corrected chi connectivity index (χ4v) is 2.58. The number of benzene rings is 1. The van der Waals surface area contributed by atoms with Crippen LogP contribution in [0.15, 0.2) is 30.5 Å². The lowest BCUT2D eigenvalue weighted by Crippen LogP contribution is -2.14. The van der Waals surface area contributed by atoms with Crippen molar-refractivity contribution in [1.82, 2.24) is 9.55 Å². The lowest BCUT2D eigenvalue weighted by Gasteiger charge is -2.20. The van der Waals surface area contributed by atoms with E-state index < -0.39 is 0 Å². The van der Waals surface area contributed by atoms with Crippen molar-refractivity contribution in [3.63, 3.8) is 0 Å². The third-order valence-electron chi connectivity index (χ3n) is 3.45. The Morgan fingerprint density at radius 3 is 2.76 bits per heavy atom. The third kappa shape index (κ3) is 1.98. The molecule has 1 aromatic heterocycles. The number of imidazole rings is 1. The van der Waals surface area contributed by atoms with Crippen LogP contribution in [0.3, 0.4) is 0 Å². The van der Waals surface area contributed by atoms with Gasteiger partial charge in [0.25, 0.3) is 0 Å². The average Bonchev–Trinajstić information content (AvgIpc) is 2.75. The lowest BCUT2D eigenvalue weighted by molar-refractivity contribution is 0.426. The van der Waals surface area contributed by atoms with Crippen LogP contribution in [0.1, 0.15) is 31.6 Å². The summed E-state index contributed by atoms with van der Waals surface area (Å²) >= 11 is 5.90. The van der Waals surface area contributed by atoms with Crippen molar-refractivity contribution < 1.29 is 0 Å². The number of nitrogens with zero attached hydrogens (tertiary/aromatic N) is 2. The molecule has 1 atom stereocenters. The highest BCUT2D eigenvalue weighted by Gasteiger charge is 2.18. The van der Waals surface area contributed by atoms with Crippen LogP contribution < -0.4 is 0 Å². The van der Waals surface area contributed by atoms with Crippen LogP contribution in [0.5, 0.6) is 0 Å². The number of rotatable bonds is 1. The Hall–Kier alpha value is -1.28. The van der Waals surface area contributed by atoms with E-state index >= 15 is 0 Å². The average molecular weight is 247 g/mol. The first kappa shape index (κ1) is 10.8. The van der Waals surface area contributed by atoms with Crippen LogP contribution >= 0.6 is 11.6 Å². The van der Waals surface area contributed by atoms with Crippen molar-refractivity contribution in [2.75, 3.05) is 0 Å². The molecular formula is C14H15ClN2. The van der Waals surface area contributed by atoms with Gasteiger partial charge in [0.15, 0.2) is 0 Å². The molecule has 0 saturated carbocycles. The fourth-order valence-electron chi connectivity index (χ4n) is 2.45. The van der Waals surface area contributed by atoms with E-state index in [1.807, 2.05) is 24.3 Å². The van der Waals surface area contributed by atoms with Crippen LogP contribution in [0.2, 0.25) is 5.02 Å². The normalized spacial score (nSPS) is 19.1. The largest absolute Gasteiger partial charge is 0.331 e. The van der Waals surface area contributed by atoms with Crippen molar-refractivity contribution in [2.24, 2.45) is 0 Å². The summed E-state index contributed by atoms with van der Waals surface area (Å²) < 4.78 is 2.31. The number of aryl methyl sites for hydroxylation is 1. The van der Waals surface area contributed by atoms with Crippen LogP contribution in [-0.2, 0) is 6.42 Å². The molecule has 0 aliphatic carbocycles. The van der Waals surface area contributed by atoms with Gasteiger partial charge in [-0.25, -0.2) is 4.98 Å². The Labute approximate surface area is 106 Å². The van der Waals surface area contributed by atoms with Crippen LogP contribution in [-0.4, -0.2) is 9.55 Å². The van der Waals surface area contributed by atoms with E-state index in [2.05, 4.69) is 17.7 Å². The second-order valence-corrected chi connectivity index (χ2v) is 5.13. The summed E-state index contributed by atoms with van der Waals surface area (Å²) in [5.74, 6) is 1.22. The van der Waals surface area contributed by atoms with Gasteiger partial charge in [-0.3, -0.25) is 0 Å². The van der Waals surface area contributed by atoms with E-state index in [9.17, 15) is 0 Å². The van der Waals surface area contributed by atoms with Crippen molar-refractivity contribution in [3.05, 3.63) is 41.3 Å². The number of halogens is 1. The molecule has 0 unspecified atom stereocenters. The first-order valence-electron chi connectivity index (χ1n) is 6.08. The van der Waals surface area contributed by atoms with E-state index in [1.165, 1.54) is 18.7 Å². The van der Waals surface area contributed by atoms with Crippen molar-refractivity contribution in [3.8, 4) is 11.3 Å². The zero-order chi connectivity index (χ0) is 11.8. The van der Waals surface area contributed by atoms with Gasteiger partial charge in [-0.05, 0) is 31.9 Å². The minimum atomic E-state index is 0.576. The Kier molecular flexibility index (Phi) is 2.67. The predicted octanol–water partition coefficient (Wildman–Crippen LogP) is 4.10. The van der Waals surface area contributed by atoms with Crippen LogP contribution in [0, 0.1) is 0 Å². The summed E-state index contributed by atoms with van der Waals surface area (Å²) in [4.78, 5) is 4.72. The topological polar surface area (TPSA) is 17.8 Å². The maximum Gasteiger partial charge on any atom is 0.109 e. The Morgan fingerprint density at radius 2 is 2.06 bits per heavy atom. The van der Waals surface area contributed by atoms with Gasteiger partial charge >= 0.3 is 0 Å². The molecule has 0 spiro atoms. The fraction of sp³-hybridized carbons (Fsp3) is 0.357. The molecule has 3 heteroatoms. The summed E-state index contributed by atoms with van der Waals surface area (Å²) in [5.41, 5.74) is 2.20. The molecule has 1 aliphatic rings. The summed E-state index contributed by atoms with van der Waals surface area (Å²) in [6, 6.07) is 8.47. The van der Waals surface area contributed by atoms with E-state index in [-0.39, 0.29) is 0 Å². The molecule has 2 heterocycles. The van der Waals surface area contributed by atoms with E-state index in [0.717, 1.165) is 22.7 Å². The van der Waals surface area contributed by atoms with Gasteiger partial charge < -0.3 is 4.57 Å². The molecule has 17 heavy (non-hydrogen) atoms. The van der Waals surface area contributed by atoms with E-state index in [0.29, 0.717) is 6.04 Å². The van der Waals surface area contributed by atoms with Crippen LogP contribution in [0.4, 0.5) is 0 Å². The second kappa shape index (κ2) is 4.19. The number of hydrogen-bond acceptors (Lipinski definition) is 1. The van der Waals surface area contributed by atoms with E-state index in [1.54, 1.807) is 0 Å². The highest BCUT2D eigenvalue weighted by Crippen LogP contribution is 2.28. The van der Waals surface area contributed by atoms with Crippen molar-refractivity contribution >= 4 is 11.6 Å². The minimum absolute atomic E-state index is 0.576. The molecular weight excluding hydrogens is 232 g/mol. The maximum atomic E-state index is 5.90. The predicted molar refractivity (Wildman–Crippen MR) is 70.3 cm³/mol. The molecule has 3 rings (SSSR count).